The predicted molar refractivity (Wildman–Crippen MR) is 111 cm³/mol. The number of morpholine rings is 1. The average Bonchev–Trinajstić information content (AvgIpc) is 2.77. The van der Waals surface area contributed by atoms with Crippen molar-refractivity contribution < 1.29 is 19.0 Å². The number of amides is 1. The van der Waals surface area contributed by atoms with E-state index in [0.717, 1.165) is 30.0 Å². The van der Waals surface area contributed by atoms with Gasteiger partial charge in [0.2, 0.25) is 5.91 Å². The fourth-order valence-electron chi connectivity index (χ4n) is 3.02. The highest BCUT2D eigenvalue weighted by atomic mass is 16.5. The van der Waals surface area contributed by atoms with Crippen LogP contribution >= 0.6 is 0 Å². The van der Waals surface area contributed by atoms with Crippen LogP contribution in [0.3, 0.4) is 0 Å². The fourth-order valence-corrected chi connectivity index (χ4v) is 3.02. The zero-order chi connectivity index (χ0) is 20.5. The minimum absolute atomic E-state index is 0.0590. The van der Waals surface area contributed by atoms with Crippen molar-refractivity contribution in [2.45, 2.75) is 0 Å². The number of carbonyl (C=O) groups excluding carboxylic acids is 1. The number of anilines is 2. The average molecular weight is 393 g/mol. The molecule has 7 nitrogen and oxygen atoms in total. The van der Waals surface area contributed by atoms with Gasteiger partial charge in [0.1, 0.15) is 6.07 Å². The second-order valence-corrected chi connectivity index (χ2v) is 6.30. The van der Waals surface area contributed by atoms with Crippen LogP contribution in [0, 0.1) is 11.3 Å². The molecule has 150 valence electrons. The van der Waals surface area contributed by atoms with Crippen molar-refractivity contribution in [3.8, 4) is 17.6 Å². The van der Waals surface area contributed by atoms with Gasteiger partial charge in [0.25, 0.3) is 0 Å². The molecular formula is C22H23N3O4. The first-order valence-corrected chi connectivity index (χ1v) is 9.30. The van der Waals surface area contributed by atoms with Gasteiger partial charge in [-0.25, -0.2) is 0 Å². The first-order valence-electron chi connectivity index (χ1n) is 9.30. The number of hydrogen-bond donors (Lipinski definition) is 1. The fraction of sp³-hybridized carbons (Fsp3) is 0.273. The molecule has 29 heavy (non-hydrogen) atoms. The Morgan fingerprint density at radius 1 is 1.24 bits per heavy atom. The van der Waals surface area contributed by atoms with E-state index in [0.29, 0.717) is 24.7 Å². The van der Waals surface area contributed by atoms with E-state index in [1.807, 2.05) is 30.3 Å². The summed E-state index contributed by atoms with van der Waals surface area (Å²) in [5, 5.41) is 11.6. The molecule has 1 aliphatic heterocycles. The molecule has 0 radical (unpaired) electrons. The van der Waals surface area contributed by atoms with Crippen LogP contribution in [-0.4, -0.2) is 45.9 Å². The minimum atomic E-state index is -0.227. The van der Waals surface area contributed by atoms with Crippen LogP contribution in [-0.2, 0) is 9.53 Å². The molecule has 3 rings (SSSR count). The maximum absolute atomic E-state index is 12.5. The standard InChI is InChI=1S/C22H23N3O4/c1-27-21-16-17(6-8-20(21)29-13-10-23)7-9-22(26)24-18-4-2-3-5-19(18)25-11-14-28-15-12-25/h2-9,16H,11-15H2,1H3,(H,24,26)/b9-7+. The van der Waals surface area contributed by atoms with E-state index >= 15 is 0 Å². The first kappa shape index (κ1) is 20.2. The number of nitrogens with one attached hydrogen (secondary N) is 1. The number of rotatable bonds is 7. The molecule has 0 unspecified atom stereocenters. The van der Waals surface area contributed by atoms with Crippen molar-refractivity contribution in [3.05, 3.63) is 54.1 Å². The third kappa shape index (κ3) is 5.50. The Morgan fingerprint density at radius 2 is 2.03 bits per heavy atom. The van der Waals surface area contributed by atoms with Gasteiger partial charge >= 0.3 is 0 Å². The lowest BCUT2D eigenvalue weighted by Gasteiger charge is -2.30. The van der Waals surface area contributed by atoms with Gasteiger partial charge in [0.15, 0.2) is 18.1 Å². The van der Waals surface area contributed by atoms with Crippen LogP contribution in [0.2, 0.25) is 0 Å². The van der Waals surface area contributed by atoms with Crippen LogP contribution in [0.1, 0.15) is 5.56 Å². The molecule has 0 atom stereocenters. The van der Waals surface area contributed by atoms with Gasteiger partial charge in [-0.2, -0.15) is 5.26 Å². The highest BCUT2D eigenvalue weighted by molar-refractivity contribution is 6.03. The Morgan fingerprint density at radius 3 is 2.79 bits per heavy atom. The van der Waals surface area contributed by atoms with Gasteiger partial charge in [-0.05, 0) is 35.9 Å². The van der Waals surface area contributed by atoms with Crippen molar-refractivity contribution >= 4 is 23.4 Å². The minimum Gasteiger partial charge on any atom is -0.493 e. The Bertz CT molecular complexity index is 915. The summed E-state index contributed by atoms with van der Waals surface area (Å²) in [6.45, 7) is 2.89. The molecule has 0 bridgehead atoms. The molecule has 2 aromatic rings. The van der Waals surface area contributed by atoms with Crippen molar-refractivity contribution in [2.75, 3.05) is 50.2 Å². The molecule has 1 fully saturated rings. The quantitative estimate of drug-likeness (QED) is 0.728. The number of para-hydroxylation sites is 2. The van der Waals surface area contributed by atoms with Gasteiger partial charge in [0.05, 0.1) is 31.7 Å². The molecule has 7 heteroatoms. The number of carbonyl (C=O) groups is 1. The third-order valence-electron chi connectivity index (χ3n) is 4.42. The van der Waals surface area contributed by atoms with E-state index < -0.39 is 0 Å². The van der Waals surface area contributed by atoms with Gasteiger partial charge in [-0.1, -0.05) is 18.2 Å². The second kappa shape index (κ2) is 10.2. The number of methoxy groups -OCH3 is 1. The number of ether oxygens (including phenoxy) is 3. The molecule has 1 amide bonds. The summed E-state index contributed by atoms with van der Waals surface area (Å²) in [5.41, 5.74) is 2.53. The zero-order valence-electron chi connectivity index (χ0n) is 16.3. The normalized spacial score (nSPS) is 13.7. The topological polar surface area (TPSA) is 83.8 Å². The monoisotopic (exact) mass is 393 g/mol. The Kier molecular flexibility index (Phi) is 7.09. The van der Waals surface area contributed by atoms with Crippen LogP contribution < -0.4 is 19.7 Å². The number of nitrogens with zero attached hydrogens (tertiary/aromatic N) is 2. The summed E-state index contributed by atoms with van der Waals surface area (Å²) >= 11 is 0. The third-order valence-corrected chi connectivity index (χ3v) is 4.42. The summed E-state index contributed by atoms with van der Waals surface area (Å²) < 4.78 is 16.0. The maximum Gasteiger partial charge on any atom is 0.248 e. The molecular weight excluding hydrogens is 370 g/mol. The molecule has 0 aromatic heterocycles. The lowest BCUT2D eigenvalue weighted by molar-refractivity contribution is -0.111. The summed E-state index contributed by atoms with van der Waals surface area (Å²) in [5.74, 6) is 0.755. The molecule has 0 aliphatic carbocycles. The van der Waals surface area contributed by atoms with Crippen LogP contribution in [0.5, 0.6) is 11.5 Å². The highest BCUT2D eigenvalue weighted by Gasteiger charge is 2.15. The van der Waals surface area contributed by atoms with E-state index in [1.165, 1.54) is 13.2 Å². The first-order chi connectivity index (χ1) is 14.2. The Labute approximate surface area is 170 Å². The van der Waals surface area contributed by atoms with Gasteiger partial charge in [-0.3, -0.25) is 4.79 Å². The summed E-state index contributed by atoms with van der Waals surface area (Å²) in [4.78, 5) is 14.7. The van der Waals surface area contributed by atoms with Gasteiger partial charge < -0.3 is 24.4 Å². The number of benzene rings is 2. The SMILES string of the molecule is COc1cc(/C=C/C(=O)Nc2ccccc2N2CCOCC2)ccc1OCC#N. The predicted octanol–water partition coefficient (Wildman–Crippen LogP) is 3.09. The van der Waals surface area contributed by atoms with Gasteiger partial charge in [-0.15, -0.1) is 0 Å². The summed E-state index contributed by atoms with van der Waals surface area (Å²) in [6, 6.07) is 14.9. The van der Waals surface area contributed by atoms with E-state index in [4.69, 9.17) is 19.5 Å². The molecule has 1 N–H and O–H groups in total. The highest BCUT2D eigenvalue weighted by Crippen LogP contribution is 2.29. The van der Waals surface area contributed by atoms with Crippen molar-refractivity contribution in [1.29, 1.82) is 5.26 Å². The zero-order valence-corrected chi connectivity index (χ0v) is 16.3. The summed E-state index contributed by atoms with van der Waals surface area (Å²) in [7, 11) is 1.53. The number of nitriles is 1. The van der Waals surface area contributed by atoms with Crippen LogP contribution in [0.15, 0.2) is 48.5 Å². The Balaban J connectivity index is 1.68. The van der Waals surface area contributed by atoms with E-state index in [-0.39, 0.29) is 12.5 Å². The lowest BCUT2D eigenvalue weighted by Crippen LogP contribution is -2.36. The smallest absolute Gasteiger partial charge is 0.248 e. The van der Waals surface area contributed by atoms with Gasteiger partial charge in [0, 0.05) is 19.2 Å². The second-order valence-electron chi connectivity index (χ2n) is 6.30. The van der Waals surface area contributed by atoms with Crippen molar-refractivity contribution in [2.24, 2.45) is 0 Å². The van der Waals surface area contributed by atoms with E-state index in [1.54, 1.807) is 24.3 Å². The molecule has 1 saturated heterocycles. The molecule has 0 spiro atoms. The van der Waals surface area contributed by atoms with Crippen LogP contribution in [0.25, 0.3) is 6.08 Å². The number of hydrogen-bond acceptors (Lipinski definition) is 6. The Hall–Kier alpha value is -3.50. The molecule has 0 saturated carbocycles. The van der Waals surface area contributed by atoms with Crippen LogP contribution in [0.4, 0.5) is 11.4 Å². The lowest BCUT2D eigenvalue weighted by atomic mass is 10.2. The summed E-state index contributed by atoms with van der Waals surface area (Å²) in [6.07, 6.45) is 3.17. The molecule has 1 aliphatic rings. The largest absolute Gasteiger partial charge is 0.493 e. The van der Waals surface area contributed by atoms with Crippen molar-refractivity contribution in [3.63, 3.8) is 0 Å². The van der Waals surface area contributed by atoms with E-state index in [2.05, 4.69) is 10.2 Å². The molecule has 1 heterocycles. The van der Waals surface area contributed by atoms with Crippen molar-refractivity contribution in [1.82, 2.24) is 0 Å². The molecule has 2 aromatic carbocycles. The van der Waals surface area contributed by atoms with E-state index in [9.17, 15) is 4.79 Å². The maximum atomic E-state index is 12.5.